The molecule has 5 nitrogen and oxygen atoms in total. The molecular formula is C20H25NO4. The highest BCUT2D eigenvalue weighted by atomic mass is 16.6. The molecule has 0 aliphatic carbocycles. The van der Waals surface area contributed by atoms with E-state index in [1.165, 1.54) is 18.2 Å². The summed E-state index contributed by atoms with van der Waals surface area (Å²) in [5, 5.41) is 10.6. The maximum absolute atomic E-state index is 11.6. The highest BCUT2D eigenvalue weighted by Gasteiger charge is 2.19. The van der Waals surface area contributed by atoms with Crippen LogP contribution in [-0.4, -0.2) is 18.4 Å². The summed E-state index contributed by atoms with van der Waals surface area (Å²) in [4.78, 5) is 11.6. The van der Waals surface area contributed by atoms with Crippen molar-refractivity contribution in [1.82, 2.24) is 0 Å². The van der Waals surface area contributed by atoms with Crippen LogP contribution in [0.2, 0.25) is 0 Å². The molecule has 0 atom stereocenters. The van der Waals surface area contributed by atoms with Gasteiger partial charge in [-0.2, -0.15) is 5.06 Å². The quantitative estimate of drug-likeness (QED) is 0.630. The van der Waals surface area contributed by atoms with Gasteiger partial charge in [-0.1, -0.05) is 25.1 Å². The van der Waals surface area contributed by atoms with E-state index < -0.39 is 6.09 Å². The van der Waals surface area contributed by atoms with Crippen molar-refractivity contribution in [2.75, 3.05) is 12.2 Å². The normalized spacial score (nSPS) is 10.5. The lowest BCUT2D eigenvalue weighted by atomic mass is 10.0. The minimum Gasteiger partial charge on any atom is -0.489 e. The molecule has 1 N–H and O–H groups in total. The Labute approximate surface area is 148 Å². The molecule has 0 saturated heterocycles. The summed E-state index contributed by atoms with van der Waals surface area (Å²) in [6.45, 7) is 8.36. The largest absolute Gasteiger partial charge is 0.489 e. The van der Waals surface area contributed by atoms with Crippen LogP contribution in [0.25, 0.3) is 0 Å². The number of amides is 1. The number of methoxy groups -OCH3 is 1. The van der Waals surface area contributed by atoms with Crippen LogP contribution in [0.3, 0.4) is 0 Å². The molecule has 0 bridgehead atoms. The molecule has 5 heteroatoms. The Balaban J connectivity index is 2.30. The van der Waals surface area contributed by atoms with E-state index in [0.29, 0.717) is 10.8 Å². The summed E-state index contributed by atoms with van der Waals surface area (Å²) in [5.74, 6) is 0.798. The van der Waals surface area contributed by atoms with Crippen LogP contribution in [-0.2, 0) is 17.8 Å². The number of hydrogen-bond acceptors (Lipinski definition) is 4. The van der Waals surface area contributed by atoms with Gasteiger partial charge in [-0.3, -0.25) is 5.21 Å². The first-order chi connectivity index (χ1) is 11.9. The molecule has 25 heavy (non-hydrogen) atoms. The molecule has 0 unspecified atom stereocenters. The lowest BCUT2D eigenvalue weighted by Crippen LogP contribution is -2.28. The Morgan fingerprint density at radius 1 is 1.12 bits per heavy atom. The fourth-order valence-corrected chi connectivity index (χ4v) is 2.79. The number of aryl methyl sites for hydroxylation is 4. The lowest BCUT2D eigenvalue weighted by Gasteiger charge is -2.20. The highest BCUT2D eigenvalue weighted by molar-refractivity contribution is 5.86. The Morgan fingerprint density at radius 3 is 2.48 bits per heavy atom. The first-order valence-electron chi connectivity index (χ1n) is 8.27. The molecule has 0 spiro atoms. The second kappa shape index (κ2) is 8.03. The number of rotatable bonds is 5. The zero-order chi connectivity index (χ0) is 18.6. The van der Waals surface area contributed by atoms with Crippen LogP contribution in [0.4, 0.5) is 10.5 Å². The number of anilines is 1. The van der Waals surface area contributed by atoms with Crippen molar-refractivity contribution >= 4 is 11.8 Å². The smallest absolute Gasteiger partial charge is 0.438 e. The van der Waals surface area contributed by atoms with Crippen LogP contribution < -0.4 is 9.80 Å². The van der Waals surface area contributed by atoms with E-state index in [4.69, 9.17) is 4.74 Å². The van der Waals surface area contributed by atoms with Crippen molar-refractivity contribution < 1.29 is 19.5 Å². The summed E-state index contributed by atoms with van der Waals surface area (Å²) in [6.07, 6.45) is 0.138. The van der Waals surface area contributed by atoms with E-state index >= 15 is 0 Å². The SMILES string of the molecule is CCc1cc(C)c(OCc2c(C)cccc2N(O)C(=O)OC)cc1C. The molecule has 0 saturated carbocycles. The summed E-state index contributed by atoms with van der Waals surface area (Å²) in [6, 6.07) is 9.50. The zero-order valence-electron chi connectivity index (χ0n) is 15.4. The van der Waals surface area contributed by atoms with Gasteiger partial charge in [0.1, 0.15) is 12.4 Å². The van der Waals surface area contributed by atoms with Gasteiger partial charge in [0, 0.05) is 5.56 Å². The average Bonchev–Trinajstić information content (AvgIpc) is 2.61. The second-order valence-corrected chi connectivity index (χ2v) is 6.04. The molecule has 0 fully saturated rings. The molecule has 1 amide bonds. The third-order valence-electron chi connectivity index (χ3n) is 4.35. The molecule has 0 aliphatic rings. The van der Waals surface area contributed by atoms with Gasteiger partial charge in [0.2, 0.25) is 0 Å². The van der Waals surface area contributed by atoms with E-state index in [2.05, 4.69) is 24.7 Å². The number of carbonyl (C=O) groups excluding carboxylic acids is 1. The standard InChI is InChI=1S/C20H25NO4/c1-6-16-10-15(4)19(11-14(16)3)25-12-17-13(2)8-7-9-18(17)21(23)20(22)24-5/h7-11,23H,6,12H2,1-5H3. The van der Waals surface area contributed by atoms with Crippen LogP contribution in [0, 0.1) is 20.8 Å². The molecular weight excluding hydrogens is 318 g/mol. The van der Waals surface area contributed by atoms with Crippen molar-refractivity contribution in [3.63, 3.8) is 0 Å². The predicted molar refractivity (Wildman–Crippen MR) is 97.5 cm³/mol. The number of hydroxylamine groups is 1. The van der Waals surface area contributed by atoms with Crippen molar-refractivity contribution in [3.05, 3.63) is 58.1 Å². The first kappa shape index (κ1) is 18.8. The number of carbonyl (C=O) groups is 1. The first-order valence-corrected chi connectivity index (χ1v) is 8.27. The molecule has 0 radical (unpaired) electrons. The van der Waals surface area contributed by atoms with E-state index in [1.54, 1.807) is 12.1 Å². The molecule has 0 aromatic heterocycles. The molecule has 0 aliphatic heterocycles. The maximum atomic E-state index is 11.6. The molecule has 0 heterocycles. The Bertz CT molecular complexity index is 771. The van der Waals surface area contributed by atoms with Crippen molar-refractivity contribution in [3.8, 4) is 5.75 Å². The minimum absolute atomic E-state index is 0.238. The van der Waals surface area contributed by atoms with Gasteiger partial charge in [-0.05, 0) is 61.6 Å². The molecule has 134 valence electrons. The van der Waals surface area contributed by atoms with Crippen LogP contribution >= 0.6 is 0 Å². The third kappa shape index (κ3) is 4.12. The minimum atomic E-state index is -0.842. The van der Waals surface area contributed by atoms with Gasteiger partial charge in [0.15, 0.2) is 0 Å². The fourth-order valence-electron chi connectivity index (χ4n) is 2.79. The van der Waals surface area contributed by atoms with Gasteiger partial charge < -0.3 is 9.47 Å². The number of nitrogens with zero attached hydrogens (tertiary/aromatic N) is 1. The van der Waals surface area contributed by atoms with Crippen LogP contribution in [0.15, 0.2) is 30.3 Å². The van der Waals surface area contributed by atoms with Crippen molar-refractivity contribution in [2.45, 2.75) is 40.7 Å². The van der Waals surface area contributed by atoms with Crippen molar-refractivity contribution in [2.24, 2.45) is 0 Å². The number of ether oxygens (including phenoxy) is 2. The number of benzene rings is 2. The van der Waals surface area contributed by atoms with Crippen LogP contribution in [0.1, 0.15) is 34.7 Å². The molecule has 2 rings (SSSR count). The Hall–Kier alpha value is -2.53. The van der Waals surface area contributed by atoms with Gasteiger partial charge in [-0.25, -0.2) is 4.79 Å². The summed E-state index contributed by atoms with van der Waals surface area (Å²) >= 11 is 0. The van der Waals surface area contributed by atoms with E-state index in [-0.39, 0.29) is 6.61 Å². The Kier molecular flexibility index (Phi) is 6.04. The fraction of sp³-hybridized carbons (Fsp3) is 0.350. The third-order valence-corrected chi connectivity index (χ3v) is 4.35. The van der Waals surface area contributed by atoms with E-state index in [1.807, 2.05) is 26.0 Å². The maximum Gasteiger partial charge on any atom is 0.438 e. The van der Waals surface area contributed by atoms with Gasteiger partial charge in [0.25, 0.3) is 0 Å². The zero-order valence-corrected chi connectivity index (χ0v) is 15.4. The predicted octanol–water partition coefficient (Wildman–Crippen LogP) is 4.72. The number of hydrogen-bond donors (Lipinski definition) is 1. The molecule has 2 aromatic carbocycles. The van der Waals surface area contributed by atoms with Crippen LogP contribution in [0.5, 0.6) is 5.75 Å². The summed E-state index contributed by atoms with van der Waals surface area (Å²) in [7, 11) is 1.22. The highest BCUT2D eigenvalue weighted by Crippen LogP contribution is 2.28. The van der Waals surface area contributed by atoms with Gasteiger partial charge in [0.05, 0.1) is 12.8 Å². The van der Waals surface area contributed by atoms with Gasteiger partial charge in [-0.15, -0.1) is 0 Å². The summed E-state index contributed by atoms with van der Waals surface area (Å²) < 4.78 is 10.6. The van der Waals surface area contributed by atoms with Crippen molar-refractivity contribution in [1.29, 1.82) is 0 Å². The second-order valence-electron chi connectivity index (χ2n) is 6.04. The van der Waals surface area contributed by atoms with Gasteiger partial charge >= 0.3 is 6.09 Å². The van der Waals surface area contributed by atoms with E-state index in [9.17, 15) is 10.0 Å². The van der Waals surface area contributed by atoms with E-state index in [0.717, 1.165) is 28.9 Å². The monoisotopic (exact) mass is 343 g/mol. The average molecular weight is 343 g/mol. The lowest BCUT2D eigenvalue weighted by molar-refractivity contribution is 0.140. The molecule has 2 aromatic rings. The summed E-state index contributed by atoms with van der Waals surface area (Å²) in [5.41, 5.74) is 5.55. The Morgan fingerprint density at radius 2 is 1.84 bits per heavy atom. The topological polar surface area (TPSA) is 59.0 Å².